The smallest absolute Gasteiger partial charge is 0.0137 e. The molecule has 0 bridgehead atoms. The lowest BCUT2D eigenvalue weighted by Crippen LogP contribution is -2.33. The van der Waals surface area contributed by atoms with Crippen LogP contribution >= 0.6 is 0 Å². The molecule has 1 N–H and O–H groups in total. The molecule has 64 valence electrons. The molecule has 1 saturated carbocycles. The minimum atomic E-state index is 0.613. The monoisotopic (exact) mass is 153 g/mol. The molecule has 11 heavy (non-hydrogen) atoms. The van der Waals surface area contributed by atoms with Crippen LogP contribution in [0.2, 0.25) is 0 Å². The van der Waals surface area contributed by atoms with Gasteiger partial charge in [0.15, 0.2) is 0 Å². The van der Waals surface area contributed by atoms with Crippen molar-refractivity contribution in [1.82, 2.24) is 5.32 Å². The van der Waals surface area contributed by atoms with E-state index >= 15 is 0 Å². The first-order valence-electron chi connectivity index (χ1n) is 4.53. The maximum Gasteiger partial charge on any atom is 0.0137 e. The summed E-state index contributed by atoms with van der Waals surface area (Å²) in [6.07, 6.45) is 7.06. The Labute approximate surface area is 69.9 Å². The fraction of sp³-hybridized carbons (Fsp3) is 0.800. The van der Waals surface area contributed by atoms with Crippen molar-refractivity contribution in [3.05, 3.63) is 12.2 Å². The average Bonchev–Trinajstić information content (AvgIpc) is 2.70. The van der Waals surface area contributed by atoms with E-state index in [1.807, 2.05) is 0 Å². The highest BCUT2D eigenvalue weighted by Crippen LogP contribution is 2.47. The van der Waals surface area contributed by atoms with Crippen molar-refractivity contribution >= 4 is 0 Å². The van der Waals surface area contributed by atoms with Gasteiger partial charge in [0.05, 0.1) is 0 Å². The molecule has 1 aliphatic rings. The van der Waals surface area contributed by atoms with E-state index in [-0.39, 0.29) is 0 Å². The van der Waals surface area contributed by atoms with Crippen LogP contribution in [-0.2, 0) is 0 Å². The van der Waals surface area contributed by atoms with Gasteiger partial charge < -0.3 is 5.32 Å². The van der Waals surface area contributed by atoms with E-state index in [2.05, 4.69) is 38.2 Å². The summed E-state index contributed by atoms with van der Waals surface area (Å²) in [4.78, 5) is 0. The third-order valence-corrected chi connectivity index (χ3v) is 2.86. The second-order valence-electron chi connectivity index (χ2n) is 3.85. The summed E-state index contributed by atoms with van der Waals surface area (Å²) in [6.45, 7) is 7.73. The zero-order valence-corrected chi connectivity index (χ0v) is 7.85. The third kappa shape index (κ3) is 2.33. The van der Waals surface area contributed by atoms with Crippen LogP contribution in [0, 0.1) is 5.41 Å². The first-order valence-corrected chi connectivity index (χ1v) is 4.53. The molecule has 1 rings (SSSR count). The number of nitrogens with one attached hydrogen (secondary N) is 1. The molecule has 0 spiro atoms. The van der Waals surface area contributed by atoms with E-state index in [9.17, 15) is 0 Å². The Balaban J connectivity index is 2.16. The maximum absolute atomic E-state index is 3.50. The molecule has 1 heteroatoms. The molecular weight excluding hydrogens is 134 g/mol. The van der Waals surface area contributed by atoms with Gasteiger partial charge in [0.25, 0.3) is 0 Å². The van der Waals surface area contributed by atoms with Gasteiger partial charge in [0.2, 0.25) is 0 Å². The normalized spacial score (nSPS) is 23.9. The third-order valence-electron chi connectivity index (χ3n) is 2.86. The van der Waals surface area contributed by atoms with Gasteiger partial charge in [-0.2, -0.15) is 0 Å². The standard InChI is InChI=1S/C10H19N/c1-4-5-8-11-9(2)10(3)6-7-10/h4-5,9,11H,6-8H2,1-3H3/b5-4+. The fourth-order valence-electron chi connectivity index (χ4n) is 1.24. The Hall–Kier alpha value is -0.300. The molecule has 0 aromatic rings. The molecule has 0 heterocycles. The van der Waals surface area contributed by atoms with Gasteiger partial charge in [-0.3, -0.25) is 0 Å². The van der Waals surface area contributed by atoms with Gasteiger partial charge in [0, 0.05) is 12.6 Å². The minimum absolute atomic E-state index is 0.613. The first kappa shape index (κ1) is 8.79. The molecule has 1 nitrogen and oxygen atoms in total. The van der Waals surface area contributed by atoms with Gasteiger partial charge in [-0.25, -0.2) is 0 Å². The second kappa shape index (κ2) is 3.40. The maximum atomic E-state index is 3.50. The molecule has 0 aliphatic heterocycles. The Morgan fingerprint density at radius 2 is 2.18 bits per heavy atom. The molecule has 1 fully saturated rings. The van der Waals surface area contributed by atoms with E-state index in [0.29, 0.717) is 11.5 Å². The van der Waals surface area contributed by atoms with E-state index < -0.39 is 0 Å². The number of allylic oxidation sites excluding steroid dienone is 1. The molecule has 1 aliphatic carbocycles. The van der Waals surface area contributed by atoms with Crippen LogP contribution in [-0.4, -0.2) is 12.6 Å². The number of rotatable bonds is 4. The quantitative estimate of drug-likeness (QED) is 0.611. The summed E-state index contributed by atoms with van der Waals surface area (Å²) in [5.74, 6) is 0. The Kier molecular flexibility index (Phi) is 2.72. The number of hydrogen-bond donors (Lipinski definition) is 1. The summed E-state index contributed by atoms with van der Waals surface area (Å²) in [7, 11) is 0. The lowest BCUT2D eigenvalue weighted by Gasteiger charge is -2.19. The van der Waals surface area contributed by atoms with Crippen molar-refractivity contribution < 1.29 is 0 Å². The van der Waals surface area contributed by atoms with Crippen LogP contribution in [0.25, 0.3) is 0 Å². The second-order valence-corrected chi connectivity index (χ2v) is 3.85. The minimum Gasteiger partial charge on any atom is -0.310 e. The van der Waals surface area contributed by atoms with Crippen LogP contribution < -0.4 is 5.32 Å². The van der Waals surface area contributed by atoms with E-state index in [1.165, 1.54) is 12.8 Å². The molecular formula is C10H19N. The summed E-state index contributed by atoms with van der Waals surface area (Å²) in [5, 5.41) is 3.50. The topological polar surface area (TPSA) is 12.0 Å². The Morgan fingerprint density at radius 3 is 2.64 bits per heavy atom. The average molecular weight is 153 g/mol. The van der Waals surface area contributed by atoms with Gasteiger partial charge in [-0.15, -0.1) is 0 Å². The Morgan fingerprint density at radius 1 is 1.55 bits per heavy atom. The zero-order chi connectivity index (χ0) is 8.32. The van der Waals surface area contributed by atoms with Gasteiger partial charge >= 0.3 is 0 Å². The fourth-order valence-corrected chi connectivity index (χ4v) is 1.24. The Bertz CT molecular complexity index is 145. The van der Waals surface area contributed by atoms with E-state index in [4.69, 9.17) is 0 Å². The highest BCUT2D eigenvalue weighted by molar-refractivity contribution is 4.97. The van der Waals surface area contributed by atoms with Crippen molar-refractivity contribution in [3.63, 3.8) is 0 Å². The van der Waals surface area contributed by atoms with Crippen LogP contribution in [0.5, 0.6) is 0 Å². The SMILES string of the molecule is C/C=C/CNC(C)C1(C)CC1. The lowest BCUT2D eigenvalue weighted by molar-refractivity contribution is 0.395. The molecule has 0 amide bonds. The van der Waals surface area contributed by atoms with Crippen LogP contribution in [0.3, 0.4) is 0 Å². The predicted octanol–water partition coefficient (Wildman–Crippen LogP) is 2.34. The van der Waals surface area contributed by atoms with Crippen molar-refractivity contribution in [2.24, 2.45) is 5.41 Å². The van der Waals surface area contributed by atoms with Gasteiger partial charge in [-0.1, -0.05) is 19.1 Å². The van der Waals surface area contributed by atoms with Crippen molar-refractivity contribution in [2.45, 2.75) is 39.7 Å². The lowest BCUT2D eigenvalue weighted by atomic mass is 10.0. The molecule has 1 unspecified atom stereocenters. The van der Waals surface area contributed by atoms with Gasteiger partial charge in [0.1, 0.15) is 0 Å². The summed E-state index contributed by atoms with van der Waals surface area (Å²) < 4.78 is 0. The van der Waals surface area contributed by atoms with Gasteiger partial charge in [-0.05, 0) is 32.1 Å². The van der Waals surface area contributed by atoms with E-state index in [1.54, 1.807) is 0 Å². The molecule has 0 aromatic carbocycles. The number of hydrogen-bond acceptors (Lipinski definition) is 1. The highest BCUT2D eigenvalue weighted by Gasteiger charge is 2.41. The van der Waals surface area contributed by atoms with Crippen LogP contribution in [0.1, 0.15) is 33.6 Å². The molecule has 1 atom stereocenters. The summed E-state index contributed by atoms with van der Waals surface area (Å²) in [6, 6.07) is 0.679. The van der Waals surface area contributed by atoms with Crippen LogP contribution in [0.4, 0.5) is 0 Å². The predicted molar refractivity (Wildman–Crippen MR) is 49.6 cm³/mol. The molecule has 0 saturated heterocycles. The molecule has 0 aromatic heterocycles. The highest BCUT2D eigenvalue weighted by atomic mass is 14.9. The van der Waals surface area contributed by atoms with Crippen molar-refractivity contribution in [2.75, 3.05) is 6.54 Å². The summed E-state index contributed by atoms with van der Waals surface area (Å²) in [5.41, 5.74) is 0.613. The first-order chi connectivity index (χ1) is 5.19. The van der Waals surface area contributed by atoms with Crippen LogP contribution in [0.15, 0.2) is 12.2 Å². The van der Waals surface area contributed by atoms with Crippen molar-refractivity contribution in [1.29, 1.82) is 0 Å². The van der Waals surface area contributed by atoms with E-state index in [0.717, 1.165) is 6.54 Å². The zero-order valence-electron chi connectivity index (χ0n) is 7.85. The molecule has 0 radical (unpaired) electrons. The largest absolute Gasteiger partial charge is 0.310 e. The van der Waals surface area contributed by atoms with Crippen molar-refractivity contribution in [3.8, 4) is 0 Å². The summed E-state index contributed by atoms with van der Waals surface area (Å²) >= 11 is 0.